The Hall–Kier alpha value is -11.8. The van der Waals surface area contributed by atoms with Gasteiger partial charge in [-0.25, -0.2) is 9.97 Å². The van der Waals surface area contributed by atoms with Crippen molar-refractivity contribution in [3.05, 3.63) is 272 Å². The molecule has 0 unspecified atom stereocenters. The van der Waals surface area contributed by atoms with Crippen LogP contribution < -0.4 is 0 Å². The molecule has 416 valence electrons. The lowest BCUT2D eigenvalue weighted by Crippen LogP contribution is -2.04. The van der Waals surface area contributed by atoms with Crippen molar-refractivity contribution in [1.82, 2.24) is 44.9 Å². The molecule has 1 aliphatic rings. The maximum atomic E-state index is 6.19. The van der Waals surface area contributed by atoms with Crippen LogP contribution in [0.1, 0.15) is 11.1 Å². The van der Waals surface area contributed by atoms with E-state index in [0.717, 1.165) is 94.0 Å². The molecule has 0 spiro atoms. The third-order valence-electron chi connectivity index (χ3n) is 17.4. The summed E-state index contributed by atoms with van der Waals surface area (Å²) in [6, 6.07) is 80.8. The predicted molar refractivity (Wildman–Crippen MR) is 360 cm³/mol. The van der Waals surface area contributed by atoms with Gasteiger partial charge in [0.2, 0.25) is 0 Å². The number of halogens is 1. The van der Waals surface area contributed by atoms with Gasteiger partial charge in [0.25, 0.3) is 0 Å². The van der Waals surface area contributed by atoms with E-state index in [1.165, 1.54) is 54.6 Å². The Balaban J connectivity index is 0.000000110. The van der Waals surface area contributed by atoms with Crippen molar-refractivity contribution in [3.8, 4) is 39.5 Å². The summed E-state index contributed by atoms with van der Waals surface area (Å²) < 4.78 is 14.3. The van der Waals surface area contributed by atoms with E-state index in [4.69, 9.17) is 40.6 Å². The van der Waals surface area contributed by atoms with E-state index in [1.54, 1.807) is 24.8 Å². The topological polar surface area (TPSA) is 134 Å². The molecule has 0 amide bonds. The Morgan fingerprint density at radius 3 is 1.19 bits per heavy atom. The van der Waals surface area contributed by atoms with Crippen LogP contribution in [-0.4, -0.2) is 44.9 Å². The summed E-state index contributed by atoms with van der Waals surface area (Å²) in [5, 5.41) is 34.8. The van der Waals surface area contributed by atoms with Crippen LogP contribution in [0.5, 0.6) is 0 Å². The average molecular weight is 1160 g/mol. The molecular formula is C77H44ClN9O2. The second-order valence-corrected chi connectivity index (χ2v) is 22.9. The second kappa shape index (κ2) is 20.2. The van der Waals surface area contributed by atoms with Crippen molar-refractivity contribution in [2.75, 3.05) is 0 Å². The monoisotopic (exact) mass is 1160 g/mol. The number of fused-ring (bicyclic) bond motifs is 18. The maximum absolute atomic E-state index is 6.19. The summed E-state index contributed by atoms with van der Waals surface area (Å²) >= 11 is 6.07. The molecule has 1 aliphatic carbocycles. The quantitative estimate of drug-likeness (QED) is 0.168. The van der Waals surface area contributed by atoms with E-state index in [0.29, 0.717) is 39.3 Å². The molecule has 19 aromatic rings. The van der Waals surface area contributed by atoms with Gasteiger partial charge in [-0.2, -0.15) is 0 Å². The lowest BCUT2D eigenvalue weighted by atomic mass is 9.99. The molecule has 0 atom stereocenters. The number of aromatic nitrogens is 9. The van der Waals surface area contributed by atoms with Gasteiger partial charge in [-0.1, -0.05) is 169 Å². The van der Waals surface area contributed by atoms with Crippen molar-refractivity contribution in [2.45, 2.75) is 6.42 Å². The molecule has 12 heteroatoms. The van der Waals surface area contributed by atoms with Crippen LogP contribution in [0, 0.1) is 0 Å². The van der Waals surface area contributed by atoms with Crippen LogP contribution in [0.2, 0.25) is 5.15 Å². The normalized spacial score (nSPS) is 12.1. The van der Waals surface area contributed by atoms with Crippen molar-refractivity contribution >= 4 is 142 Å². The molecule has 0 saturated heterocycles. The van der Waals surface area contributed by atoms with Gasteiger partial charge < -0.3 is 8.83 Å². The fourth-order valence-electron chi connectivity index (χ4n) is 13.2. The zero-order chi connectivity index (χ0) is 58.7. The van der Waals surface area contributed by atoms with E-state index in [-0.39, 0.29) is 5.15 Å². The highest BCUT2D eigenvalue weighted by Gasteiger charge is 2.23. The highest BCUT2D eigenvalue weighted by atomic mass is 35.5. The van der Waals surface area contributed by atoms with E-state index >= 15 is 0 Å². The number of hydrogen-bond acceptors (Lipinski definition) is 10. The SMILES string of the molecule is Clc1nnc(-c2ccc3c(c2)oc2ccccc23)c2nccnc12.c1ccc2cc3c(cc2c1)Cc1cc2ccccc2cc1-3.c1ccc2cc3c(cc2c1)c1cc2ccccc2cc1n3-c1nnc(-c2ccc3c(c2)oc2ccccc23)c2nccnc12. The Labute approximate surface area is 510 Å². The van der Waals surface area contributed by atoms with E-state index in [2.05, 4.69) is 189 Å². The zero-order valence-corrected chi connectivity index (χ0v) is 47.9. The van der Waals surface area contributed by atoms with Gasteiger partial charge in [0.05, 0.1) is 11.0 Å². The smallest absolute Gasteiger partial charge is 0.188 e. The fraction of sp³-hybridized carbons (Fsp3) is 0.0130. The minimum absolute atomic E-state index is 0.242. The summed E-state index contributed by atoms with van der Waals surface area (Å²) in [6.07, 6.45) is 7.69. The third kappa shape index (κ3) is 8.35. The van der Waals surface area contributed by atoms with Gasteiger partial charge in [-0.3, -0.25) is 14.5 Å². The van der Waals surface area contributed by atoms with Gasteiger partial charge in [0.15, 0.2) is 11.0 Å². The van der Waals surface area contributed by atoms with Crippen LogP contribution >= 0.6 is 11.6 Å². The molecule has 12 aromatic carbocycles. The van der Waals surface area contributed by atoms with Crippen molar-refractivity contribution in [1.29, 1.82) is 0 Å². The molecule has 20 rings (SSSR count). The van der Waals surface area contributed by atoms with Gasteiger partial charge >= 0.3 is 0 Å². The van der Waals surface area contributed by atoms with E-state index in [1.807, 2.05) is 66.7 Å². The first-order chi connectivity index (χ1) is 44.0. The number of benzene rings is 12. The molecule has 7 aromatic heterocycles. The van der Waals surface area contributed by atoms with Crippen LogP contribution in [0.25, 0.3) is 170 Å². The average Bonchev–Trinajstić information content (AvgIpc) is 1.67. The van der Waals surface area contributed by atoms with Crippen LogP contribution in [-0.2, 0) is 6.42 Å². The molecule has 89 heavy (non-hydrogen) atoms. The van der Waals surface area contributed by atoms with Crippen molar-refractivity contribution < 1.29 is 8.83 Å². The molecule has 0 aliphatic heterocycles. The highest BCUT2D eigenvalue weighted by Crippen LogP contribution is 2.43. The van der Waals surface area contributed by atoms with Crippen LogP contribution in [0.4, 0.5) is 0 Å². The highest BCUT2D eigenvalue weighted by molar-refractivity contribution is 6.33. The first kappa shape index (κ1) is 50.5. The number of hydrogen-bond donors (Lipinski definition) is 0. The molecule has 0 N–H and O–H groups in total. The fourth-order valence-corrected chi connectivity index (χ4v) is 13.4. The van der Waals surface area contributed by atoms with Gasteiger partial charge in [-0.05, 0) is 145 Å². The summed E-state index contributed by atoms with van der Waals surface area (Å²) in [6.45, 7) is 0. The minimum atomic E-state index is 0.242. The van der Waals surface area contributed by atoms with Crippen LogP contribution in [0.3, 0.4) is 0 Å². The molecular weight excluding hydrogens is 1120 g/mol. The molecule has 0 bridgehead atoms. The van der Waals surface area contributed by atoms with E-state index < -0.39 is 0 Å². The van der Waals surface area contributed by atoms with Gasteiger partial charge in [0, 0.05) is 68.2 Å². The Bertz CT molecular complexity index is 5980. The van der Waals surface area contributed by atoms with Gasteiger partial charge in [0.1, 0.15) is 55.8 Å². The molecule has 0 saturated carbocycles. The standard InChI is InChI=1S/C38H21N5O.C21H14.C18H9ClN4O/c1-3-9-24-19-31-29(17-22(24)7-1)30-18-23-8-2-4-10-25(23)20-32(30)43(31)38-37-36(39-15-16-40-37)35(41-42-38)26-13-14-28-27-11-5-6-12-33(27)44-34(28)21-26;1-3-7-16-12-20-18(9-14(16)5-1)11-19-10-15-6-2-4-8-17(15)13-21(19)20;19-18-17-16(20-7-8-21-17)15(22-23-18)10-5-6-12-11-3-1-2-4-13(11)24-14(12)9-10/h1-21H;1-10,12-13H,11H2;1-9H. The van der Waals surface area contributed by atoms with Crippen molar-refractivity contribution in [3.63, 3.8) is 0 Å². The third-order valence-corrected chi connectivity index (χ3v) is 17.6. The molecule has 7 heterocycles. The Morgan fingerprint density at radius 2 is 0.697 bits per heavy atom. The van der Waals surface area contributed by atoms with E-state index in [9.17, 15) is 0 Å². The Kier molecular flexibility index (Phi) is 11.4. The van der Waals surface area contributed by atoms with Crippen LogP contribution in [0.15, 0.2) is 264 Å². The molecule has 11 nitrogen and oxygen atoms in total. The summed E-state index contributed by atoms with van der Waals surface area (Å²) in [5.74, 6) is 0.646. The maximum Gasteiger partial charge on any atom is 0.188 e. The molecule has 0 radical (unpaired) electrons. The first-order valence-corrected chi connectivity index (χ1v) is 29.7. The zero-order valence-electron chi connectivity index (χ0n) is 47.2. The summed E-state index contributed by atoms with van der Waals surface area (Å²) in [5.41, 5.74) is 16.7. The number of rotatable bonds is 3. The largest absolute Gasteiger partial charge is 0.456 e. The van der Waals surface area contributed by atoms with Crippen molar-refractivity contribution in [2.24, 2.45) is 0 Å². The predicted octanol–water partition coefficient (Wildman–Crippen LogP) is 19.6. The minimum Gasteiger partial charge on any atom is -0.456 e. The summed E-state index contributed by atoms with van der Waals surface area (Å²) in [4.78, 5) is 18.3. The second-order valence-electron chi connectivity index (χ2n) is 22.5. The number of furan rings is 2. The molecule has 0 fully saturated rings. The number of nitrogens with zero attached hydrogens (tertiary/aromatic N) is 9. The summed E-state index contributed by atoms with van der Waals surface area (Å²) in [7, 11) is 0. The van der Waals surface area contributed by atoms with Gasteiger partial charge in [-0.15, -0.1) is 20.4 Å². The Morgan fingerprint density at radius 1 is 0.315 bits per heavy atom. The first-order valence-electron chi connectivity index (χ1n) is 29.3. The number of para-hydroxylation sites is 2. The lowest BCUT2D eigenvalue weighted by Gasteiger charge is -2.11. The lowest BCUT2D eigenvalue weighted by molar-refractivity contribution is 0.668.